The molecule has 0 radical (unpaired) electrons. The molecule has 2 rings (SSSR count). The number of aliphatic hydroxyl groups is 1. The lowest BCUT2D eigenvalue weighted by molar-refractivity contribution is 0.331. The average Bonchev–Trinajstić information content (AvgIpc) is 2.30. The van der Waals surface area contributed by atoms with Crippen LogP contribution in [0.3, 0.4) is 0 Å². The van der Waals surface area contributed by atoms with Crippen molar-refractivity contribution in [2.45, 2.75) is 25.7 Å². The number of aliphatic hydroxyl groups excluding tert-OH is 1. The van der Waals surface area contributed by atoms with Gasteiger partial charge in [0.15, 0.2) is 0 Å². The van der Waals surface area contributed by atoms with Gasteiger partial charge in [0.05, 0.1) is 6.61 Å². The Morgan fingerprint density at radius 2 is 2.21 bits per heavy atom. The Hall–Kier alpha value is -0.820. The lowest BCUT2D eigenvalue weighted by Gasteiger charge is -2.25. The van der Waals surface area contributed by atoms with E-state index in [0.29, 0.717) is 5.92 Å². The maximum absolute atomic E-state index is 8.95. The lowest BCUT2D eigenvalue weighted by Crippen LogP contribution is -2.14. The lowest BCUT2D eigenvalue weighted by atomic mass is 9.80. The van der Waals surface area contributed by atoms with Gasteiger partial charge in [0.2, 0.25) is 0 Å². The molecular formula is C13H18O. The van der Waals surface area contributed by atoms with Crippen LogP contribution in [0.4, 0.5) is 0 Å². The highest BCUT2D eigenvalue weighted by Gasteiger charge is 2.19. The van der Waals surface area contributed by atoms with Gasteiger partial charge in [-0.05, 0) is 43.1 Å². The summed E-state index contributed by atoms with van der Waals surface area (Å²) in [6.07, 6.45) is 16.2. The summed E-state index contributed by atoms with van der Waals surface area (Å²) in [7, 11) is 0. The van der Waals surface area contributed by atoms with Crippen molar-refractivity contribution in [1.82, 2.24) is 0 Å². The second-order valence-electron chi connectivity index (χ2n) is 4.22. The monoisotopic (exact) mass is 190 g/mol. The summed E-state index contributed by atoms with van der Waals surface area (Å²) in [6, 6.07) is 0. The van der Waals surface area contributed by atoms with Gasteiger partial charge in [0.1, 0.15) is 0 Å². The minimum absolute atomic E-state index is 0.184. The molecule has 0 aromatic carbocycles. The number of rotatable bonds is 2. The molecule has 0 heterocycles. The largest absolute Gasteiger partial charge is 0.392 e. The molecule has 2 aliphatic rings. The molecular weight excluding hydrogens is 172 g/mol. The summed E-state index contributed by atoms with van der Waals surface area (Å²) in [6.45, 7) is 0.184. The summed E-state index contributed by atoms with van der Waals surface area (Å²) in [4.78, 5) is 0. The van der Waals surface area contributed by atoms with Crippen LogP contribution in [-0.2, 0) is 0 Å². The maximum Gasteiger partial charge on any atom is 0.0678 e. The predicted molar refractivity (Wildman–Crippen MR) is 58.9 cm³/mol. The third kappa shape index (κ3) is 2.16. The first-order valence-electron chi connectivity index (χ1n) is 5.55. The Morgan fingerprint density at radius 1 is 1.29 bits per heavy atom. The molecule has 0 aromatic rings. The van der Waals surface area contributed by atoms with Crippen LogP contribution in [0.5, 0.6) is 0 Å². The third-order valence-corrected chi connectivity index (χ3v) is 3.23. The van der Waals surface area contributed by atoms with Gasteiger partial charge in [-0.15, -0.1) is 0 Å². The first kappa shape index (κ1) is 9.72. The first-order valence-corrected chi connectivity index (χ1v) is 5.55. The quantitative estimate of drug-likeness (QED) is 0.664. The fourth-order valence-corrected chi connectivity index (χ4v) is 2.31. The Kier molecular flexibility index (Phi) is 3.20. The van der Waals surface area contributed by atoms with Crippen molar-refractivity contribution in [3.63, 3.8) is 0 Å². The third-order valence-electron chi connectivity index (χ3n) is 3.23. The van der Waals surface area contributed by atoms with E-state index in [1.807, 2.05) is 0 Å². The van der Waals surface area contributed by atoms with E-state index in [-0.39, 0.29) is 6.61 Å². The number of allylic oxidation sites excluding steroid dienone is 4. The SMILES string of the molecule is OCC1=CCC(C2C=CCCC2)C=C1. The van der Waals surface area contributed by atoms with Crippen molar-refractivity contribution < 1.29 is 5.11 Å². The van der Waals surface area contributed by atoms with Crippen molar-refractivity contribution in [3.05, 3.63) is 36.0 Å². The number of hydrogen-bond acceptors (Lipinski definition) is 1. The first-order chi connectivity index (χ1) is 6.90. The molecule has 0 saturated carbocycles. The molecule has 0 fully saturated rings. The maximum atomic E-state index is 8.95. The zero-order chi connectivity index (χ0) is 9.80. The van der Waals surface area contributed by atoms with Crippen LogP contribution in [0, 0.1) is 11.8 Å². The van der Waals surface area contributed by atoms with Crippen LogP contribution in [0.25, 0.3) is 0 Å². The molecule has 2 aliphatic carbocycles. The Morgan fingerprint density at radius 3 is 2.79 bits per heavy atom. The number of hydrogen-bond donors (Lipinski definition) is 1. The van der Waals surface area contributed by atoms with Crippen LogP contribution in [-0.4, -0.2) is 11.7 Å². The van der Waals surface area contributed by atoms with Gasteiger partial charge in [-0.1, -0.05) is 30.4 Å². The smallest absolute Gasteiger partial charge is 0.0678 e. The van der Waals surface area contributed by atoms with Crippen molar-refractivity contribution >= 4 is 0 Å². The van der Waals surface area contributed by atoms with Gasteiger partial charge < -0.3 is 5.11 Å². The van der Waals surface area contributed by atoms with E-state index >= 15 is 0 Å². The summed E-state index contributed by atoms with van der Waals surface area (Å²) in [5.74, 6) is 1.40. The zero-order valence-corrected chi connectivity index (χ0v) is 8.52. The fraction of sp³-hybridized carbons (Fsp3) is 0.538. The van der Waals surface area contributed by atoms with Crippen LogP contribution in [0.15, 0.2) is 36.0 Å². The van der Waals surface area contributed by atoms with Crippen molar-refractivity contribution in [2.24, 2.45) is 11.8 Å². The fourth-order valence-electron chi connectivity index (χ4n) is 2.31. The van der Waals surface area contributed by atoms with Gasteiger partial charge in [0, 0.05) is 0 Å². The van der Waals surface area contributed by atoms with E-state index in [2.05, 4.69) is 30.4 Å². The zero-order valence-electron chi connectivity index (χ0n) is 8.52. The minimum atomic E-state index is 0.184. The van der Waals surface area contributed by atoms with E-state index in [4.69, 9.17) is 5.11 Å². The molecule has 2 unspecified atom stereocenters. The van der Waals surface area contributed by atoms with E-state index < -0.39 is 0 Å². The summed E-state index contributed by atoms with van der Waals surface area (Å²) in [5, 5.41) is 8.95. The minimum Gasteiger partial charge on any atom is -0.392 e. The van der Waals surface area contributed by atoms with Gasteiger partial charge in [-0.2, -0.15) is 0 Å². The molecule has 0 aromatic heterocycles. The van der Waals surface area contributed by atoms with Crippen LogP contribution in [0.1, 0.15) is 25.7 Å². The van der Waals surface area contributed by atoms with E-state index in [1.54, 1.807) is 0 Å². The van der Waals surface area contributed by atoms with E-state index in [9.17, 15) is 0 Å². The molecule has 2 atom stereocenters. The molecule has 1 heteroatoms. The highest BCUT2D eigenvalue weighted by molar-refractivity contribution is 5.25. The molecule has 1 nitrogen and oxygen atoms in total. The molecule has 0 saturated heterocycles. The van der Waals surface area contributed by atoms with Gasteiger partial charge in [0.25, 0.3) is 0 Å². The highest BCUT2D eigenvalue weighted by Crippen LogP contribution is 2.30. The van der Waals surface area contributed by atoms with Crippen molar-refractivity contribution in [2.75, 3.05) is 6.61 Å². The molecule has 0 amide bonds. The van der Waals surface area contributed by atoms with Gasteiger partial charge in [-0.3, -0.25) is 0 Å². The Labute approximate surface area is 85.8 Å². The van der Waals surface area contributed by atoms with Crippen LogP contribution < -0.4 is 0 Å². The normalized spacial score (nSPS) is 31.6. The van der Waals surface area contributed by atoms with Crippen molar-refractivity contribution in [3.8, 4) is 0 Å². The highest BCUT2D eigenvalue weighted by atomic mass is 16.3. The topological polar surface area (TPSA) is 20.2 Å². The Bertz CT molecular complexity index is 273. The second-order valence-corrected chi connectivity index (χ2v) is 4.22. The summed E-state index contributed by atoms with van der Waals surface area (Å²) in [5.41, 5.74) is 1.07. The second kappa shape index (κ2) is 4.61. The van der Waals surface area contributed by atoms with Crippen LogP contribution >= 0.6 is 0 Å². The molecule has 0 spiro atoms. The van der Waals surface area contributed by atoms with E-state index in [0.717, 1.165) is 17.9 Å². The molecule has 14 heavy (non-hydrogen) atoms. The molecule has 0 bridgehead atoms. The Balaban J connectivity index is 1.96. The van der Waals surface area contributed by atoms with Gasteiger partial charge >= 0.3 is 0 Å². The predicted octanol–water partition coefficient (Wildman–Crippen LogP) is 2.84. The van der Waals surface area contributed by atoms with Crippen LogP contribution in [0.2, 0.25) is 0 Å². The average molecular weight is 190 g/mol. The van der Waals surface area contributed by atoms with E-state index in [1.165, 1.54) is 19.3 Å². The summed E-state index contributed by atoms with van der Waals surface area (Å²) >= 11 is 0. The van der Waals surface area contributed by atoms with Crippen molar-refractivity contribution in [1.29, 1.82) is 0 Å². The van der Waals surface area contributed by atoms with Gasteiger partial charge in [-0.25, -0.2) is 0 Å². The standard InChI is InChI=1S/C13H18O/c14-10-11-6-8-13(9-7-11)12-4-2-1-3-5-12/h2,4,6-8,12-14H,1,3,5,9-10H2. The molecule has 0 aliphatic heterocycles. The molecule has 76 valence electrons. The molecule has 1 N–H and O–H groups in total. The summed E-state index contributed by atoms with van der Waals surface area (Å²) < 4.78 is 0.